The predicted octanol–water partition coefficient (Wildman–Crippen LogP) is 3.77. The highest BCUT2D eigenvalue weighted by molar-refractivity contribution is 5.71. The predicted molar refractivity (Wildman–Crippen MR) is 96.8 cm³/mol. The SMILES string of the molecule is CCOC(=O)N1CCCC2=C1CCCC2(O)C#Cc1cccc(C)c1. The monoisotopic (exact) mass is 339 g/mol. The molecule has 1 atom stereocenters. The number of hydrogen-bond donors (Lipinski definition) is 1. The maximum absolute atomic E-state index is 12.2. The van der Waals surface area contributed by atoms with Crippen LogP contribution in [0.3, 0.4) is 0 Å². The molecule has 25 heavy (non-hydrogen) atoms. The van der Waals surface area contributed by atoms with Gasteiger partial charge in [0.05, 0.1) is 6.61 Å². The number of aliphatic hydroxyl groups is 1. The molecule has 4 heteroatoms. The topological polar surface area (TPSA) is 49.8 Å². The van der Waals surface area contributed by atoms with Crippen molar-refractivity contribution in [3.63, 3.8) is 0 Å². The fourth-order valence-corrected chi connectivity index (χ4v) is 3.69. The second kappa shape index (κ2) is 7.33. The molecule has 1 unspecified atom stereocenters. The Morgan fingerprint density at radius 1 is 1.36 bits per heavy atom. The van der Waals surface area contributed by atoms with E-state index in [-0.39, 0.29) is 6.09 Å². The number of nitrogens with zero attached hydrogens (tertiary/aromatic N) is 1. The molecule has 1 aliphatic carbocycles. The van der Waals surface area contributed by atoms with Crippen LogP contribution < -0.4 is 0 Å². The summed E-state index contributed by atoms with van der Waals surface area (Å²) >= 11 is 0. The van der Waals surface area contributed by atoms with Gasteiger partial charge in [0.15, 0.2) is 0 Å². The number of carbonyl (C=O) groups excluding carboxylic acids is 1. The van der Waals surface area contributed by atoms with E-state index in [1.165, 1.54) is 0 Å². The molecule has 0 spiro atoms. The zero-order valence-electron chi connectivity index (χ0n) is 15.0. The van der Waals surface area contributed by atoms with Gasteiger partial charge in [-0.2, -0.15) is 0 Å². The van der Waals surface area contributed by atoms with Gasteiger partial charge in [-0.3, -0.25) is 4.90 Å². The van der Waals surface area contributed by atoms with Crippen LogP contribution in [0.2, 0.25) is 0 Å². The fourth-order valence-electron chi connectivity index (χ4n) is 3.69. The van der Waals surface area contributed by atoms with Crippen molar-refractivity contribution in [1.82, 2.24) is 4.90 Å². The Kier molecular flexibility index (Phi) is 5.15. The number of benzene rings is 1. The Hall–Kier alpha value is -2.25. The van der Waals surface area contributed by atoms with E-state index in [1.54, 1.807) is 4.90 Å². The molecule has 3 rings (SSSR count). The van der Waals surface area contributed by atoms with Crippen LogP contribution in [0.15, 0.2) is 35.5 Å². The van der Waals surface area contributed by atoms with E-state index in [0.29, 0.717) is 19.6 Å². The van der Waals surface area contributed by atoms with Crippen LogP contribution in [-0.2, 0) is 4.74 Å². The average Bonchev–Trinajstić information content (AvgIpc) is 2.60. The first-order chi connectivity index (χ1) is 12.0. The van der Waals surface area contributed by atoms with Crippen LogP contribution in [0.25, 0.3) is 0 Å². The van der Waals surface area contributed by atoms with Gasteiger partial charge in [-0.15, -0.1) is 0 Å². The third kappa shape index (κ3) is 3.72. The molecule has 0 fully saturated rings. The van der Waals surface area contributed by atoms with Crippen molar-refractivity contribution in [2.75, 3.05) is 13.2 Å². The lowest BCUT2D eigenvalue weighted by Crippen LogP contribution is -2.43. The first kappa shape index (κ1) is 17.6. The summed E-state index contributed by atoms with van der Waals surface area (Å²) in [5.41, 5.74) is 2.71. The molecule has 0 saturated heterocycles. The van der Waals surface area contributed by atoms with Crippen LogP contribution in [0.4, 0.5) is 4.79 Å². The van der Waals surface area contributed by atoms with Crippen molar-refractivity contribution in [3.05, 3.63) is 46.7 Å². The molecule has 0 aromatic heterocycles. The molecule has 1 N–H and O–H groups in total. The number of hydrogen-bond acceptors (Lipinski definition) is 3. The van der Waals surface area contributed by atoms with Gasteiger partial charge in [0.25, 0.3) is 0 Å². The first-order valence-electron chi connectivity index (χ1n) is 9.02. The molecule has 4 nitrogen and oxygen atoms in total. The van der Waals surface area contributed by atoms with Crippen molar-refractivity contribution < 1.29 is 14.6 Å². The molecule has 1 aromatic carbocycles. The normalized spacial score (nSPS) is 22.8. The summed E-state index contributed by atoms with van der Waals surface area (Å²) in [6.07, 6.45) is 3.51. The second-order valence-corrected chi connectivity index (χ2v) is 6.71. The zero-order valence-corrected chi connectivity index (χ0v) is 15.0. The molecule has 0 radical (unpaired) electrons. The van der Waals surface area contributed by atoms with Gasteiger partial charge < -0.3 is 9.84 Å². The molecule has 1 aromatic rings. The minimum Gasteiger partial charge on any atom is -0.449 e. The third-order valence-corrected chi connectivity index (χ3v) is 4.85. The lowest BCUT2D eigenvalue weighted by molar-refractivity contribution is 0.0863. The fraction of sp³-hybridized carbons (Fsp3) is 0.476. The number of allylic oxidation sites excluding steroid dienone is 1. The lowest BCUT2D eigenvalue weighted by Gasteiger charge is -2.40. The van der Waals surface area contributed by atoms with Gasteiger partial charge in [-0.05, 0) is 69.2 Å². The molecule has 0 bridgehead atoms. The maximum Gasteiger partial charge on any atom is 0.414 e. The van der Waals surface area contributed by atoms with Crippen molar-refractivity contribution in [3.8, 4) is 11.8 Å². The second-order valence-electron chi connectivity index (χ2n) is 6.71. The Morgan fingerprint density at radius 2 is 2.20 bits per heavy atom. The summed E-state index contributed by atoms with van der Waals surface area (Å²) in [4.78, 5) is 13.9. The van der Waals surface area contributed by atoms with E-state index in [2.05, 4.69) is 11.8 Å². The molecular weight excluding hydrogens is 314 g/mol. The van der Waals surface area contributed by atoms with Crippen LogP contribution in [0, 0.1) is 18.8 Å². The quantitative estimate of drug-likeness (QED) is 0.793. The molecule has 2 aliphatic rings. The van der Waals surface area contributed by atoms with Gasteiger partial charge in [-0.25, -0.2) is 4.79 Å². The Balaban J connectivity index is 1.94. The zero-order chi connectivity index (χ0) is 17.9. The summed E-state index contributed by atoms with van der Waals surface area (Å²) in [5.74, 6) is 6.23. The standard InChI is InChI=1S/C21H25NO3/c1-3-25-20(23)22-14-6-9-18-19(22)10-5-12-21(18,24)13-11-17-8-4-7-16(2)15-17/h4,7-8,15,24H,3,5-6,9-10,12,14H2,1-2H3. The highest BCUT2D eigenvalue weighted by Crippen LogP contribution is 2.40. The van der Waals surface area contributed by atoms with E-state index >= 15 is 0 Å². The Labute approximate surface area is 149 Å². The van der Waals surface area contributed by atoms with Crippen LogP contribution in [-0.4, -0.2) is 34.9 Å². The maximum atomic E-state index is 12.2. The minimum atomic E-state index is -1.15. The van der Waals surface area contributed by atoms with Crippen molar-refractivity contribution in [1.29, 1.82) is 0 Å². The largest absolute Gasteiger partial charge is 0.449 e. The highest BCUT2D eigenvalue weighted by Gasteiger charge is 2.40. The van der Waals surface area contributed by atoms with Gasteiger partial charge in [0, 0.05) is 17.8 Å². The Bertz CT molecular complexity index is 756. The van der Waals surface area contributed by atoms with E-state index in [1.807, 2.05) is 38.1 Å². The number of rotatable bonds is 1. The van der Waals surface area contributed by atoms with Crippen LogP contribution >= 0.6 is 0 Å². The summed E-state index contributed by atoms with van der Waals surface area (Å²) in [7, 11) is 0. The van der Waals surface area contributed by atoms with E-state index in [0.717, 1.165) is 48.1 Å². The molecule has 1 heterocycles. The number of ether oxygens (including phenoxy) is 1. The Morgan fingerprint density at radius 3 is 2.96 bits per heavy atom. The summed E-state index contributed by atoms with van der Waals surface area (Å²) < 4.78 is 5.18. The molecular formula is C21H25NO3. The average molecular weight is 339 g/mol. The van der Waals surface area contributed by atoms with Crippen LogP contribution in [0.5, 0.6) is 0 Å². The van der Waals surface area contributed by atoms with Crippen molar-refractivity contribution in [2.24, 2.45) is 0 Å². The molecule has 132 valence electrons. The highest BCUT2D eigenvalue weighted by atomic mass is 16.6. The van der Waals surface area contributed by atoms with Gasteiger partial charge in [-0.1, -0.05) is 24.0 Å². The van der Waals surface area contributed by atoms with Crippen molar-refractivity contribution in [2.45, 2.75) is 51.6 Å². The molecule has 1 amide bonds. The minimum absolute atomic E-state index is 0.314. The van der Waals surface area contributed by atoms with Gasteiger partial charge >= 0.3 is 6.09 Å². The van der Waals surface area contributed by atoms with E-state index in [9.17, 15) is 9.90 Å². The van der Waals surface area contributed by atoms with Crippen molar-refractivity contribution >= 4 is 6.09 Å². The molecule has 0 saturated carbocycles. The number of aryl methyl sites for hydroxylation is 1. The van der Waals surface area contributed by atoms with E-state index < -0.39 is 5.60 Å². The first-order valence-corrected chi connectivity index (χ1v) is 9.02. The summed E-state index contributed by atoms with van der Waals surface area (Å²) in [6.45, 7) is 4.84. The van der Waals surface area contributed by atoms with Gasteiger partial charge in [0.1, 0.15) is 5.60 Å². The lowest BCUT2D eigenvalue weighted by atomic mass is 9.77. The third-order valence-electron chi connectivity index (χ3n) is 4.85. The summed E-state index contributed by atoms with van der Waals surface area (Å²) in [6, 6.07) is 7.96. The molecule has 1 aliphatic heterocycles. The smallest absolute Gasteiger partial charge is 0.414 e. The number of carbonyl (C=O) groups is 1. The van der Waals surface area contributed by atoms with E-state index in [4.69, 9.17) is 4.74 Å². The van der Waals surface area contributed by atoms with Crippen LogP contribution in [0.1, 0.15) is 50.2 Å². The summed E-state index contributed by atoms with van der Waals surface area (Å²) in [5, 5.41) is 11.2. The number of amides is 1. The van der Waals surface area contributed by atoms with Gasteiger partial charge in [0.2, 0.25) is 0 Å².